The SMILES string of the molecule is Cc1ccc(NC(=O)C(C)C)cc1NC(=O)c1cc2c(s1)-c1ccccc1OC2. The van der Waals surface area contributed by atoms with Crippen LogP contribution in [0.3, 0.4) is 0 Å². The Hall–Kier alpha value is -3.12. The number of hydrogen-bond acceptors (Lipinski definition) is 4. The lowest BCUT2D eigenvalue weighted by Crippen LogP contribution is -2.18. The molecule has 29 heavy (non-hydrogen) atoms. The summed E-state index contributed by atoms with van der Waals surface area (Å²) in [6, 6.07) is 15.3. The highest BCUT2D eigenvalue weighted by atomic mass is 32.1. The number of rotatable bonds is 4. The number of hydrogen-bond donors (Lipinski definition) is 2. The number of benzene rings is 2. The Balaban J connectivity index is 1.57. The minimum atomic E-state index is -0.169. The third-order valence-electron chi connectivity index (χ3n) is 4.83. The maximum Gasteiger partial charge on any atom is 0.265 e. The van der Waals surface area contributed by atoms with Gasteiger partial charge < -0.3 is 15.4 Å². The number of carbonyl (C=O) groups is 2. The maximum atomic E-state index is 12.9. The molecule has 6 heteroatoms. The summed E-state index contributed by atoms with van der Waals surface area (Å²) in [6.45, 7) is 6.07. The topological polar surface area (TPSA) is 67.4 Å². The minimum Gasteiger partial charge on any atom is -0.488 e. The van der Waals surface area contributed by atoms with Crippen molar-refractivity contribution in [2.45, 2.75) is 27.4 Å². The summed E-state index contributed by atoms with van der Waals surface area (Å²) in [5, 5.41) is 5.85. The molecule has 5 nitrogen and oxygen atoms in total. The van der Waals surface area contributed by atoms with Gasteiger partial charge in [-0.05, 0) is 42.8 Å². The highest BCUT2D eigenvalue weighted by molar-refractivity contribution is 7.17. The van der Waals surface area contributed by atoms with Crippen LogP contribution in [0.25, 0.3) is 10.4 Å². The van der Waals surface area contributed by atoms with Crippen molar-refractivity contribution < 1.29 is 14.3 Å². The van der Waals surface area contributed by atoms with Gasteiger partial charge in [0.25, 0.3) is 5.91 Å². The van der Waals surface area contributed by atoms with Crippen LogP contribution in [-0.2, 0) is 11.4 Å². The molecule has 0 aliphatic carbocycles. The first-order valence-electron chi connectivity index (χ1n) is 9.50. The van der Waals surface area contributed by atoms with E-state index in [0.29, 0.717) is 22.9 Å². The normalized spacial score (nSPS) is 12.0. The predicted molar refractivity (Wildman–Crippen MR) is 117 cm³/mol. The van der Waals surface area contributed by atoms with E-state index >= 15 is 0 Å². The van der Waals surface area contributed by atoms with E-state index in [-0.39, 0.29) is 17.7 Å². The average Bonchev–Trinajstić information content (AvgIpc) is 3.15. The Morgan fingerprint density at radius 1 is 1.07 bits per heavy atom. The van der Waals surface area contributed by atoms with E-state index in [1.165, 1.54) is 11.3 Å². The van der Waals surface area contributed by atoms with E-state index in [1.807, 2.05) is 63.2 Å². The molecule has 148 valence electrons. The van der Waals surface area contributed by atoms with Crippen molar-refractivity contribution in [1.29, 1.82) is 0 Å². The first kappa shape index (κ1) is 19.2. The monoisotopic (exact) mass is 406 g/mol. The number of thiophene rings is 1. The van der Waals surface area contributed by atoms with Crippen LogP contribution in [0.1, 0.15) is 34.6 Å². The molecule has 0 spiro atoms. The predicted octanol–water partition coefficient (Wildman–Crippen LogP) is 5.46. The van der Waals surface area contributed by atoms with Gasteiger partial charge in [0, 0.05) is 33.3 Å². The van der Waals surface area contributed by atoms with Gasteiger partial charge in [-0.15, -0.1) is 11.3 Å². The zero-order valence-corrected chi connectivity index (χ0v) is 17.4. The highest BCUT2D eigenvalue weighted by Gasteiger charge is 2.22. The Kier molecular flexibility index (Phi) is 5.11. The third kappa shape index (κ3) is 3.89. The van der Waals surface area contributed by atoms with Crippen molar-refractivity contribution in [2.24, 2.45) is 5.92 Å². The van der Waals surface area contributed by atoms with Crippen molar-refractivity contribution in [1.82, 2.24) is 0 Å². The molecule has 1 aliphatic rings. The number of amides is 2. The Labute approximate surface area is 173 Å². The number of nitrogens with one attached hydrogen (secondary N) is 2. The number of aryl methyl sites for hydroxylation is 1. The van der Waals surface area contributed by atoms with Gasteiger partial charge in [0.1, 0.15) is 12.4 Å². The van der Waals surface area contributed by atoms with Crippen molar-refractivity contribution in [2.75, 3.05) is 10.6 Å². The molecule has 2 N–H and O–H groups in total. The second-order valence-corrected chi connectivity index (χ2v) is 8.43. The molecule has 0 saturated heterocycles. The van der Waals surface area contributed by atoms with Gasteiger partial charge in [-0.2, -0.15) is 0 Å². The fourth-order valence-corrected chi connectivity index (χ4v) is 4.21. The van der Waals surface area contributed by atoms with Crippen LogP contribution in [0.5, 0.6) is 5.75 Å². The number of fused-ring (bicyclic) bond motifs is 3. The number of carbonyl (C=O) groups excluding carboxylic acids is 2. The molecule has 2 amide bonds. The van der Waals surface area contributed by atoms with Crippen LogP contribution in [-0.4, -0.2) is 11.8 Å². The molecule has 0 bridgehead atoms. The van der Waals surface area contributed by atoms with E-state index in [1.54, 1.807) is 6.07 Å². The number of ether oxygens (including phenoxy) is 1. The van der Waals surface area contributed by atoms with E-state index < -0.39 is 0 Å². The van der Waals surface area contributed by atoms with Crippen LogP contribution in [0.4, 0.5) is 11.4 Å². The number of anilines is 2. The molecule has 2 aromatic carbocycles. The highest BCUT2D eigenvalue weighted by Crippen LogP contribution is 2.42. The summed E-state index contributed by atoms with van der Waals surface area (Å²) >= 11 is 1.47. The molecular formula is C23H22N2O3S. The van der Waals surface area contributed by atoms with Crippen LogP contribution in [0.15, 0.2) is 48.5 Å². The van der Waals surface area contributed by atoms with Crippen molar-refractivity contribution >= 4 is 34.5 Å². The summed E-state index contributed by atoms with van der Waals surface area (Å²) in [7, 11) is 0. The fraction of sp³-hybridized carbons (Fsp3) is 0.217. The van der Waals surface area contributed by atoms with Crippen molar-refractivity contribution in [3.8, 4) is 16.2 Å². The molecule has 0 saturated carbocycles. The van der Waals surface area contributed by atoms with Gasteiger partial charge in [0.2, 0.25) is 5.91 Å². The quantitative estimate of drug-likeness (QED) is 0.604. The van der Waals surface area contributed by atoms with Gasteiger partial charge in [-0.1, -0.05) is 32.0 Å². The lowest BCUT2D eigenvalue weighted by molar-refractivity contribution is -0.118. The zero-order valence-electron chi connectivity index (χ0n) is 16.5. The average molecular weight is 407 g/mol. The smallest absolute Gasteiger partial charge is 0.265 e. The third-order valence-corrected chi connectivity index (χ3v) is 6.03. The molecule has 1 aromatic heterocycles. The summed E-state index contributed by atoms with van der Waals surface area (Å²) < 4.78 is 5.79. The molecule has 1 aliphatic heterocycles. The van der Waals surface area contributed by atoms with Crippen LogP contribution >= 0.6 is 11.3 Å². The zero-order chi connectivity index (χ0) is 20.5. The Morgan fingerprint density at radius 2 is 1.86 bits per heavy atom. The van der Waals surface area contributed by atoms with E-state index in [2.05, 4.69) is 10.6 Å². The lowest BCUT2D eigenvalue weighted by atomic mass is 10.1. The van der Waals surface area contributed by atoms with E-state index in [0.717, 1.165) is 27.3 Å². The van der Waals surface area contributed by atoms with E-state index in [9.17, 15) is 9.59 Å². The Morgan fingerprint density at radius 3 is 2.66 bits per heavy atom. The molecule has 0 atom stereocenters. The Bertz CT molecular complexity index is 1100. The summed E-state index contributed by atoms with van der Waals surface area (Å²) in [5.74, 6) is 0.503. The van der Waals surface area contributed by atoms with Gasteiger partial charge >= 0.3 is 0 Å². The van der Waals surface area contributed by atoms with Gasteiger partial charge in [0.15, 0.2) is 0 Å². The fourth-order valence-electron chi connectivity index (χ4n) is 3.12. The second-order valence-electron chi connectivity index (χ2n) is 7.38. The molecule has 0 radical (unpaired) electrons. The van der Waals surface area contributed by atoms with Crippen molar-refractivity contribution in [3.05, 3.63) is 64.5 Å². The van der Waals surface area contributed by atoms with Gasteiger partial charge in [-0.25, -0.2) is 0 Å². The molecule has 0 unspecified atom stereocenters. The minimum absolute atomic E-state index is 0.0595. The first-order chi connectivity index (χ1) is 13.9. The van der Waals surface area contributed by atoms with Crippen molar-refractivity contribution in [3.63, 3.8) is 0 Å². The van der Waals surface area contributed by atoms with E-state index in [4.69, 9.17) is 4.74 Å². The van der Waals surface area contributed by atoms with Crippen LogP contribution in [0, 0.1) is 12.8 Å². The number of para-hydroxylation sites is 1. The molecule has 4 rings (SSSR count). The summed E-state index contributed by atoms with van der Waals surface area (Å²) in [5.41, 5.74) is 4.31. The first-order valence-corrected chi connectivity index (χ1v) is 10.3. The largest absolute Gasteiger partial charge is 0.488 e. The van der Waals surface area contributed by atoms with Gasteiger partial charge in [-0.3, -0.25) is 9.59 Å². The van der Waals surface area contributed by atoms with Gasteiger partial charge in [0.05, 0.1) is 4.88 Å². The lowest BCUT2D eigenvalue weighted by Gasteiger charge is -2.16. The molecule has 2 heterocycles. The summed E-state index contributed by atoms with van der Waals surface area (Å²) in [6.07, 6.45) is 0. The second kappa shape index (κ2) is 7.72. The molecule has 3 aromatic rings. The molecule has 0 fully saturated rings. The molecular weight excluding hydrogens is 384 g/mol. The standard InChI is InChI=1S/C23H22N2O3S/c1-13(2)22(26)24-16-9-8-14(3)18(11-16)25-23(27)20-10-15-12-28-19-7-5-4-6-17(19)21(15)29-20/h4-11,13H,12H2,1-3H3,(H,24,26)(H,25,27). The van der Waals surface area contributed by atoms with Crippen LogP contribution in [0.2, 0.25) is 0 Å². The summed E-state index contributed by atoms with van der Waals surface area (Å²) in [4.78, 5) is 26.6. The maximum absolute atomic E-state index is 12.9. The van der Waals surface area contributed by atoms with Crippen LogP contribution < -0.4 is 15.4 Å².